The summed E-state index contributed by atoms with van der Waals surface area (Å²) < 4.78 is 4.63. The Balaban J connectivity index is 1.55. The van der Waals surface area contributed by atoms with E-state index in [9.17, 15) is 4.79 Å². The number of benzene rings is 2. The highest BCUT2D eigenvalue weighted by molar-refractivity contribution is 5.86. The van der Waals surface area contributed by atoms with Crippen molar-refractivity contribution in [3.8, 4) is 0 Å². The van der Waals surface area contributed by atoms with E-state index < -0.39 is 0 Å². The maximum Gasteiger partial charge on any atom is 0.330 e. The van der Waals surface area contributed by atoms with Crippen molar-refractivity contribution in [1.82, 2.24) is 4.90 Å². The van der Waals surface area contributed by atoms with E-state index >= 15 is 0 Å². The topological polar surface area (TPSA) is 29.5 Å². The molecule has 0 N–H and O–H groups in total. The van der Waals surface area contributed by atoms with Crippen LogP contribution in [0.5, 0.6) is 0 Å². The standard InChI is InChI=1S/C23H27NO2/c1-26-23(25)16-13-20-11-14-21(15-12-20)22-10-6-18-24(22)17-5-9-19-7-3-2-4-8-19/h2-4,7-8,11-16,22H,5-6,9-10,17-18H2,1H3/b16-13+/t22-/m0/s1. The van der Waals surface area contributed by atoms with Gasteiger partial charge in [-0.2, -0.15) is 0 Å². The number of hydrogen-bond acceptors (Lipinski definition) is 3. The molecule has 0 radical (unpaired) electrons. The molecule has 3 rings (SSSR count). The normalized spacial score (nSPS) is 17.7. The molecule has 0 bridgehead atoms. The first-order chi connectivity index (χ1) is 12.8. The Bertz CT molecular complexity index is 722. The molecule has 1 fully saturated rings. The molecule has 0 aromatic heterocycles. The van der Waals surface area contributed by atoms with E-state index in [1.54, 1.807) is 6.08 Å². The lowest BCUT2D eigenvalue weighted by Gasteiger charge is -2.25. The van der Waals surface area contributed by atoms with Crippen LogP contribution in [0, 0.1) is 0 Å². The maximum absolute atomic E-state index is 11.2. The van der Waals surface area contributed by atoms with Crippen LogP contribution in [0.3, 0.4) is 0 Å². The van der Waals surface area contributed by atoms with Gasteiger partial charge in [0.05, 0.1) is 7.11 Å². The number of carbonyl (C=O) groups excluding carboxylic acids is 1. The fourth-order valence-electron chi connectivity index (χ4n) is 3.66. The Labute approximate surface area is 156 Å². The zero-order chi connectivity index (χ0) is 18.2. The summed E-state index contributed by atoms with van der Waals surface area (Å²) in [5.74, 6) is -0.325. The highest BCUT2D eigenvalue weighted by Crippen LogP contribution is 2.32. The number of esters is 1. The minimum atomic E-state index is -0.325. The van der Waals surface area contributed by atoms with Crippen LogP contribution in [0.2, 0.25) is 0 Å². The minimum Gasteiger partial charge on any atom is -0.466 e. The molecule has 2 aromatic rings. The zero-order valence-corrected chi connectivity index (χ0v) is 15.4. The van der Waals surface area contributed by atoms with Crippen molar-refractivity contribution in [2.24, 2.45) is 0 Å². The van der Waals surface area contributed by atoms with Gasteiger partial charge in [0.2, 0.25) is 0 Å². The second-order valence-corrected chi connectivity index (χ2v) is 6.81. The molecule has 3 nitrogen and oxygen atoms in total. The zero-order valence-electron chi connectivity index (χ0n) is 15.4. The lowest BCUT2D eigenvalue weighted by Crippen LogP contribution is -2.24. The van der Waals surface area contributed by atoms with Gasteiger partial charge < -0.3 is 4.74 Å². The maximum atomic E-state index is 11.2. The summed E-state index contributed by atoms with van der Waals surface area (Å²) in [6.07, 6.45) is 8.08. The first-order valence-corrected chi connectivity index (χ1v) is 9.40. The molecule has 26 heavy (non-hydrogen) atoms. The Morgan fingerprint density at radius 1 is 1.15 bits per heavy atom. The summed E-state index contributed by atoms with van der Waals surface area (Å²) in [6, 6.07) is 19.8. The second kappa shape index (κ2) is 9.35. The first kappa shape index (κ1) is 18.4. The molecule has 0 spiro atoms. The van der Waals surface area contributed by atoms with Crippen LogP contribution < -0.4 is 0 Å². The molecular formula is C23H27NO2. The van der Waals surface area contributed by atoms with Crippen molar-refractivity contribution in [2.45, 2.75) is 31.7 Å². The van der Waals surface area contributed by atoms with Crippen LogP contribution in [0.4, 0.5) is 0 Å². The smallest absolute Gasteiger partial charge is 0.330 e. The van der Waals surface area contributed by atoms with Crippen molar-refractivity contribution < 1.29 is 9.53 Å². The minimum absolute atomic E-state index is 0.325. The number of ether oxygens (including phenoxy) is 1. The molecule has 0 aliphatic carbocycles. The second-order valence-electron chi connectivity index (χ2n) is 6.81. The number of carbonyl (C=O) groups is 1. The van der Waals surface area contributed by atoms with E-state index in [2.05, 4.69) is 64.2 Å². The summed E-state index contributed by atoms with van der Waals surface area (Å²) in [5.41, 5.74) is 3.81. The van der Waals surface area contributed by atoms with Gasteiger partial charge in [-0.25, -0.2) is 4.79 Å². The number of nitrogens with zero attached hydrogens (tertiary/aromatic N) is 1. The van der Waals surface area contributed by atoms with Gasteiger partial charge in [-0.1, -0.05) is 54.6 Å². The molecule has 0 amide bonds. The lowest BCUT2D eigenvalue weighted by molar-refractivity contribution is -0.134. The third-order valence-electron chi connectivity index (χ3n) is 5.05. The Kier molecular flexibility index (Phi) is 6.62. The van der Waals surface area contributed by atoms with Gasteiger partial charge in [-0.05, 0) is 61.5 Å². The van der Waals surface area contributed by atoms with Crippen LogP contribution in [-0.4, -0.2) is 31.1 Å². The third kappa shape index (κ3) is 5.06. The number of likely N-dealkylation sites (tertiary alicyclic amines) is 1. The molecule has 1 aliphatic rings. The van der Waals surface area contributed by atoms with Gasteiger partial charge >= 0.3 is 5.97 Å². The quantitative estimate of drug-likeness (QED) is 0.539. The van der Waals surface area contributed by atoms with Gasteiger partial charge in [-0.15, -0.1) is 0 Å². The van der Waals surface area contributed by atoms with E-state index in [1.807, 2.05) is 0 Å². The van der Waals surface area contributed by atoms with Crippen molar-refractivity contribution in [3.63, 3.8) is 0 Å². The largest absolute Gasteiger partial charge is 0.466 e. The van der Waals surface area contributed by atoms with E-state index in [1.165, 1.54) is 50.1 Å². The van der Waals surface area contributed by atoms with E-state index in [0.29, 0.717) is 6.04 Å². The average Bonchev–Trinajstić information content (AvgIpc) is 3.16. The Hall–Kier alpha value is -2.39. The predicted octanol–water partition coefficient (Wildman–Crippen LogP) is 4.64. The summed E-state index contributed by atoms with van der Waals surface area (Å²) in [5, 5.41) is 0. The van der Waals surface area contributed by atoms with Gasteiger partial charge in [0, 0.05) is 12.1 Å². The van der Waals surface area contributed by atoms with Crippen LogP contribution in [-0.2, 0) is 16.0 Å². The fraction of sp³-hybridized carbons (Fsp3) is 0.348. The van der Waals surface area contributed by atoms with Gasteiger partial charge in [0.1, 0.15) is 0 Å². The summed E-state index contributed by atoms with van der Waals surface area (Å²) >= 11 is 0. The summed E-state index contributed by atoms with van der Waals surface area (Å²) in [6.45, 7) is 2.33. The SMILES string of the molecule is COC(=O)/C=C/c1ccc([C@@H]2CCCN2CCCc2ccccc2)cc1. The van der Waals surface area contributed by atoms with Gasteiger partial charge in [0.25, 0.3) is 0 Å². The number of hydrogen-bond donors (Lipinski definition) is 0. The summed E-state index contributed by atoms with van der Waals surface area (Å²) in [7, 11) is 1.39. The Morgan fingerprint density at radius 2 is 1.92 bits per heavy atom. The molecule has 3 heteroatoms. The third-order valence-corrected chi connectivity index (χ3v) is 5.05. The monoisotopic (exact) mass is 349 g/mol. The van der Waals surface area contributed by atoms with Crippen molar-refractivity contribution in [3.05, 3.63) is 77.4 Å². The average molecular weight is 349 g/mol. The molecule has 1 heterocycles. The first-order valence-electron chi connectivity index (χ1n) is 9.40. The Morgan fingerprint density at radius 3 is 2.65 bits per heavy atom. The predicted molar refractivity (Wildman–Crippen MR) is 106 cm³/mol. The molecule has 0 unspecified atom stereocenters. The molecule has 1 aliphatic heterocycles. The summed E-state index contributed by atoms with van der Waals surface area (Å²) in [4.78, 5) is 13.8. The van der Waals surface area contributed by atoms with E-state index in [0.717, 1.165) is 18.5 Å². The fourth-order valence-corrected chi connectivity index (χ4v) is 3.66. The van der Waals surface area contributed by atoms with Crippen LogP contribution >= 0.6 is 0 Å². The number of aryl methyl sites for hydroxylation is 1. The lowest BCUT2D eigenvalue weighted by atomic mass is 10.0. The van der Waals surface area contributed by atoms with Crippen molar-refractivity contribution in [1.29, 1.82) is 0 Å². The molecule has 2 aromatic carbocycles. The van der Waals surface area contributed by atoms with Gasteiger partial charge in [-0.3, -0.25) is 4.90 Å². The molecule has 136 valence electrons. The van der Waals surface area contributed by atoms with Crippen LogP contribution in [0.15, 0.2) is 60.7 Å². The van der Waals surface area contributed by atoms with Crippen LogP contribution in [0.25, 0.3) is 6.08 Å². The number of rotatable bonds is 7. The van der Waals surface area contributed by atoms with Crippen molar-refractivity contribution in [2.75, 3.05) is 20.2 Å². The highest BCUT2D eigenvalue weighted by Gasteiger charge is 2.25. The molecule has 1 atom stereocenters. The van der Waals surface area contributed by atoms with E-state index in [4.69, 9.17) is 0 Å². The van der Waals surface area contributed by atoms with Crippen molar-refractivity contribution >= 4 is 12.0 Å². The van der Waals surface area contributed by atoms with E-state index in [-0.39, 0.29) is 5.97 Å². The molecule has 1 saturated heterocycles. The van der Waals surface area contributed by atoms with Crippen LogP contribution in [0.1, 0.15) is 42.0 Å². The molecular weight excluding hydrogens is 322 g/mol. The number of methoxy groups -OCH3 is 1. The highest BCUT2D eigenvalue weighted by atomic mass is 16.5. The molecule has 0 saturated carbocycles. The van der Waals surface area contributed by atoms with Gasteiger partial charge in [0.15, 0.2) is 0 Å².